The summed E-state index contributed by atoms with van der Waals surface area (Å²) in [6, 6.07) is 7.01. The topological polar surface area (TPSA) is 93.2 Å². The monoisotopic (exact) mass is 324 g/mol. The van der Waals surface area contributed by atoms with Crippen molar-refractivity contribution in [1.29, 1.82) is 0 Å². The van der Waals surface area contributed by atoms with Crippen LogP contribution in [0.4, 0.5) is 5.69 Å². The first-order chi connectivity index (χ1) is 11.6. The Balaban J connectivity index is 1.74. The number of aromatic nitrogens is 2. The number of hydrogen-bond acceptors (Lipinski definition) is 5. The second kappa shape index (κ2) is 8.90. The molecular weight excluding hydrogens is 308 g/mol. The zero-order chi connectivity index (χ0) is 17.2. The molecule has 1 aromatic heterocycles. The molecule has 0 aliphatic carbocycles. The van der Waals surface area contributed by atoms with E-state index in [1.165, 1.54) is 25.5 Å². The summed E-state index contributed by atoms with van der Waals surface area (Å²) in [4.78, 5) is 30.4. The fourth-order valence-corrected chi connectivity index (χ4v) is 1.73. The van der Waals surface area contributed by atoms with Gasteiger partial charge in [-0.3, -0.25) is 14.6 Å². The maximum atomic E-state index is 11.7. The number of carbonyl (C=O) groups excluding carboxylic acids is 2. The maximum absolute atomic E-state index is 11.7. The van der Waals surface area contributed by atoms with E-state index in [2.05, 4.69) is 32.4 Å². The molecule has 0 atom stereocenters. The second-order valence-electron chi connectivity index (χ2n) is 4.62. The Bertz CT molecular complexity index is 766. The Morgan fingerprint density at radius 3 is 2.88 bits per heavy atom. The molecule has 122 valence electrons. The van der Waals surface area contributed by atoms with Crippen LogP contribution in [0, 0.1) is 11.8 Å². The molecule has 24 heavy (non-hydrogen) atoms. The van der Waals surface area contributed by atoms with E-state index in [0.717, 1.165) is 0 Å². The Morgan fingerprint density at radius 1 is 1.25 bits per heavy atom. The van der Waals surface area contributed by atoms with E-state index in [0.29, 0.717) is 11.4 Å². The Hall–Kier alpha value is -3.40. The number of nitrogens with one attached hydrogen (secondary N) is 2. The fraction of sp³-hybridized carbons (Fsp3) is 0.176. The van der Waals surface area contributed by atoms with Crippen molar-refractivity contribution in [2.75, 3.05) is 18.5 Å². The van der Waals surface area contributed by atoms with E-state index >= 15 is 0 Å². The van der Waals surface area contributed by atoms with Gasteiger partial charge in [0.05, 0.1) is 12.7 Å². The number of benzene rings is 1. The van der Waals surface area contributed by atoms with E-state index in [1.807, 2.05) is 0 Å². The Morgan fingerprint density at radius 2 is 2.12 bits per heavy atom. The lowest BCUT2D eigenvalue weighted by molar-refractivity contribution is -0.114. The molecule has 0 unspecified atom stereocenters. The van der Waals surface area contributed by atoms with Gasteiger partial charge in [0, 0.05) is 31.1 Å². The second-order valence-corrected chi connectivity index (χ2v) is 4.62. The van der Waals surface area contributed by atoms with Crippen molar-refractivity contribution in [3.8, 4) is 17.6 Å². The summed E-state index contributed by atoms with van der Waals surface area (Å²) in [5, 5.41) is 5.28. The zero-order valence-electron chi connectivity index (χ0n) is 13.1. The molecule has 7 heteroatoms. The molecule has 2 amide bonds. The van der Waals surface area contributed by atoms with Crippen LogP contribution >= 0.6 is 0 Å². The molecule has 0 aliphatic heterocycles. The minimum atomic E-state index is -0.332. The molecule has 2 rings (SSSR count). The summed E-state index contributed by atoms with van der Waals surface area (Å²) in [5.74, 6) is 5.69. The predicted octanol–water partition coefficient (Wildman–Crippen LogP) is 1.25. The smallest absolute Gasteiger partial charge is 0.272 e. The Labute approximate surface area is 139 Å². The summed E-state index contributed by atoms with van der Waals surface area (Å²) in [7, 11) is 0. The average molecular weight is 324 g/mol. The van der Waals surface area contributed by atoms with E-state index in [9.17, 15) is 9.59 Å². The van der Waals surface area contributed by atoms with Gasteiger partial charge in [0.1, 0.15) is 18.1 Å². The third-order valence-electron chi connectivity index (χ3n) is 2.72. The molecule has 7 nitrogen and oxygen atoms in total. The molecule has 0 saturated heterocycles. The summed E-state index contributed by atoms with van der Waals surface area (Å²) in [6.07, 6.45) is 4.33. The van der Waals surface area contributed by atoms with Gasteiger partial charge in [0.2, 0.25) is 5.91 Å². The number of rotatable bonds is 5. The maximum Gasteiger partial charge on any atom is 0.272 e. The minimum absolute atomic E-state index is 0.147. The zero-order valence-corrected chi connectivity index (χ0v) is 13.1. The van der Waals surface area contributed by atoms with Gasteiger partial charge in [-0.1, -0.05) is 17.9 Å². The summed E-state index contributed by atoms with van der Waals surface area (Å²) >= 11 is 0. The molecule has 0 radical (unpaired) electrons. The average Bonchev–Trinajstić information content (AvgIpc) is 2.58. The van der Waals surface area contributed by atoms with E-state index in [1.54, 1.807) is 24.3 Å². The van der Waals surface area contributed by atoms with E-state index < -0.39 is 0 Å². The van der Waals surface area contributed by atoms with Gasteiger partial charge in [-0.15, -0.1) is 0 Å². The summed E-state index contributed by atoms with van der Waals surface area (Å²) in [6.45, 7) is 1.80. The van der Waals surface area contributed by atoms with Crippen molar-refractivity contribution in [2.45, 2.75) is 6.92 Å². The highest BCUT2D eigenvalue weighted by atomic mass is 16.5. The van der Waals surface area contributed by atoms with Crippen LogP contribution in [0.25, 0.3) is 0 Å². The number of nitrogens with zero attached hydrogens (tertiary/aromatic N) is 2. The highest BCUT2D eigenvalue weighted by Gasteiger charge is 2.04. The number of ether oxygens (including phenoxy) is 1. The minimum Gasteiger partial charge on any atom is -0.481 e. The molecule has 0 bridgehead atoms. The first-order valence-corrected chi connectivity index (χ1v) is 7.15. The first-order valence-electron chi connectivity index (χ1n) is 7.15. The van der Waals surface area contributed by atoms with Crippen LogP contribution < -0.4 is 15.4 Å². The van der Waals surface area contributed by atoms with Crippen molar-refractivity contribution in [1.82, 2.24) is 15.3 Å². The molecule has 0 aliphatic rings. The SMILES string of the molecule is CC(=O)Nc1cccc(OCC#CCNC(=O)c2cnccn2)c1. The number of carbonyl (C=O) groups is 2. The van der Waals surface area contributed by atoms with Crippen LogP contribution in [0.15, 0.2) is 42.9 Å². The molecule has 2 N–H and O–H groups in total. The highest BCUT2D eigenvalue weighted by Crippen LogP contribution is 2.16. The van der Waals surface area contributed by atoms with Crippen LogP contribution in [0.2, 0.25) is 0 Å². The lowest BCUT2D eigenvalue weighted by Gasteiger charge is -2.05. The normalized spacial score (nSPS) is 9.38. The highest BCUT2D eigenvalue weighted by molar-refractivity contribution is 5.92. The van der Waals surface area contributed by atoms with Gasteiger partial charge in [-0.05, 0) is 12.1 Å². The van der Waals surface area contributed by atoms with Crippen LogP contribution in [0.5, 0.6) is 5.75 Å². The fourth-order valence-electron chi connectivity index (χ4n) is 1.73. The quantitative estimate of drug-likeness (QED) is 0.807. The van der Waals surface area contributed by atoms with Gasteiger partial charge < -0.3 is 15.4 Å². The number of hydrogen-bond donors (Lipinski definition) is 2. The van der Waals surface area contributed by atoms with E-state index in [-0.39, 0.29) is 30.7 Å². The summed E-state index contributed by atoms with van der Waals surface area (Å²) < 4.78 is 5.46. The van der Waals surface area contributed by atoms with Crippen LogP contribution in [0.1, 0.15) is 17.4 Å². The standard InChI is InChI=1S/C17H16N4O3/c1-13(22)21-14-5-4-6-15(11-14)24-10-3-2-7-20-17(23)16-12-18-8-9-19-16/h4-6,8-9,11-12H,7,10H2,1H3,(H,20,23)(H,21,22). The molecule has 1 aromatic carbocycles. The molecule has 0 fully saturated rings. The predicted molar refractivity (Wildman–Crippen MR) is 88.4 cm³/mol. The van der Waals surface area contributed by atoms with Gasteiger partial charge >= 0.3 is 0 Å². The Kier molecular flexibility index (Phi) is 6.29. The molecule has 0 saturated carbocycles. The van der Waals surface area contributed by atoms with Gasteiger partial charge in [-0.2, -0.15) is 0 Å². The molecule has 0 spiro atoms. The van der Waals surface area contributed by atoms with Crippen molar-refractivity contribution in [3.05, 3.63) is 48.5 Å². The first kappa shape index (κ1) is 17.0. The third kappa shape index (κ3) is 5.77. The largest absolute Gasteiger partial charge is 0.481 e. The summed E-state index contributed by atoms with van der Waals surface area (Å²) in [5.41, 5.74) is 0.898. The van der Waals surface area contributed by atoms with Crippen molar-refractivity contribution >= 4 is 17.5 Å². The van der Waals surface area contributed by atoms with Crippen LogP contribution in [-0.2, 0) is 4.79 Å². The van der Waals surface area contributed by atoms with Crippen LogP contribution in [-0.4, -0.2) is 34.9 Å². The van der Waals surface area contributed by atoms with E-state index in [4.69, 9.17) is 4.74 Å². The van der Waals surface area contributed by atoms with Crippen molar-refractivity contribution < 1.29 is 14.3 Å². The lowest BCUT2D eigenvalue weighted by Crippen LogP contribution is -2.24. The number of amides is 2. The number of anilines is 1. The molecular formula is C17H16N4O3. The third-order valence-corrected chi connectivity index (χ3v) is 2.72. The lowest BCUT2D eigenvalue weighted by atomic mass is 10.3. The molecule has 1 heterocycles. The van der Waals surface area contributed by atoms with Gasteiger partial charge in [-0.25, -0.2) is 4.98 Å². The van der Waals surface area contributed by atoms with Crippen molar-refractivity contribution in [2.24, 2.45) is 0 Å². The van der Waals surface area contributed by atoms with Crippen LogP contribution in [0.3, 0.4) is 0 Å². The molecule has 2 aromatic rings. The van der Waals surface area contributed by atoms with Gasteiger partial charge in [0.25, 0.3) is 5.91 Å². The van der Waals surface area contributed by atoms with Crippen molar-refractivity contribution in [3.63, 3.8) is 0 Å². The van der Waals surface area contributed by atoms with Gasteiger partial charge in [0.15, 0.2) is 0 Å².